The molecule has 0 radical (unpaired) electrons. The molecule has 4 saturated carbocycles. The second-order valence-corrected chi connectivity index (χ2v) is 9.45. The number of benzene rings is 1. The normalized spacial score (nSPS) is 40.3. The maximum absolute atomic E-state index is 13.6. The Morgan fingerprint density at radius 1 is 1.19 bits per heavy atom. The summed E-state index contributed by atoms with van der Waals surface area (Å²) in [5.74, 6) is 1.09. The fraction of sp³-hybridized carbons (Fsp3) is 0.682. The van der Waals surface area contributed by atoms with Crippen LogP contribution in [0.3, 0.4) is 0 Å². The first kappa shape index (κ1) is 17.6. The zero-order valence-corrected chi connectivity index (χ0v) is 15.9. The molecule has 5 heteroatoms. The lowest BCUT2D eigenvalue weighted by molar-refractivity contribution is -0.175. The van der Waals surface area contributed by atoms with E-state index in [1.54, 1.807) is 7.11 Å². The summed E-state index contributed by atoms with van der Waals surface area (Å²) in [6.45, 7) is 1.33. The van der Waals surface area contributed by atoms with Gasteiger partial charge in [-0.2, -0.15) is 0 Å². The molecule has 2 unspecified atom stereocenters. The average Bonchev–Trinajstić information content (AvgIpc) is 2.57. The van der Waals surface area contributed by atoms with Gasteiger partial charge in [-0.1, -0.05) is 12.1 Å². The smallest absolute Gasteiger partial charge is 0.223 e. The summed E-state index contributed by atoms with van der Waals surface area (Å²) in [4.78, 5) is 15.0. The Bertz CT molecular complexity index is 726. The quantitative estimate of drug-likeness (QED) is 0.883. The van der Waals surface area contributed by atoms with Crippen LogP contribution in [-0.2, 0) is 14.9 Å². The Morgan fingerprint density at radius 2 is 1.81 bits per heavy atom. The number of hydrogen-bond acceptors (Lipinski definition) is 3. The van der Waals surface area contributed by atoms with Gasteiger partial charge in [-0.3, -0.25) is 4.79 Å². The standard InChI is InChI=1S/C22H28FNO3/c1-27-19-12-24(13-19)20(25)11-22(15-2-4-18(23)5-3-15)16-6-14-7-17(22)10-21(26,8-14)9-16/h2-5,14,16-17,19,26H,6-13H2,1H3/t14?,16?,17?,21-,22+. The molecule has 146 valence electrons. The maximum atomic E-state index is 13.6. The van der Waals surface area contributed by atoms with Gasteiger partial charge >= 0.3 is 0 Å². The number of carbonyl (C=O) groups excluding carboxylic acids is 1. The molecule has 1 aromatic rings. The predicted octanol–water partition coefficient (Wildman–Crippen LogP) is 2.88. The van der Waals surface area contributed by atoms with Crippen LogP contribution in [0, 0.1) is 23.6 Å². The molecule has 27 heavy (non-hydrogen) atoms. The van der Waals surface area contributed by atoms with Crippen molar-refractivity contribution in [3.05, 3.63) is 35.6 Å². The number of amides is 1. The Hall–Kier alpha value is -1.46. The number of likely N-dealkylation sites (tertiary alicyclic amines) is 1. The largest absolute Gasteiger partial charge is 0.390 e. The van der Waals surface area contributed by atoms with Crippen LogP contribution in [0.15, 0.2) is 24.3 Å². The van der Waals surface area contributed by atoms with E-state index in [2.05, 4.69) is 0 Å². The minimum Gasteiger partial charge on any atom is -0.390 e. The molecule has 4 nitrogen and oxygen atoms in total. The number of hydrogen-bond donors (Lipinski definition) is 1. The minimum absolute atomic E-state index is 0.148. The molecule has 5 fully saturated rings. The van der Waals surface area contributed by atoms with Gasteiger partial charge in [0.2, 0.25) is 5.91 Å². The zero-order chi connectivity index (χ0) is 18.8. The van der Waals surface area contributed by atoms with E-state index in [9.17, 15) is 14.3 Å². The highest BCUT2D eigenvalue weighted by Gasteiger charge is 2.63. The molecule has 1 heterocycles. The highest BCUT2D eigenvalue weighted by Crippen LogP contribution is 2.65. The number of ether oxygens (including phenoxy) is 1. The lowest BCUT2D eigenvalue weighted by atomic mass is 9.41. The van der Waals surface area contributed by atoms with E-state index in [1.165, 1.54) is 12.1 Å². The molecule has 1 aromatic carbocycles. The van der Waals surface area contributed by atoms with E-state index in [1.807, 2.05) is 17.0 Å². The van der Waals surface area contributed by atoms with Crippen LogP contribution in [0.5, 0.6) is 0 Å². The first-order valence-corrected chi connectivity index (χ1v) is 10.2. The molecule has 4 bridgehead atoms. The molecule has 1 amide bonds. The summed E-state index contributed by atoms with van der Waals surface area (Å²) in [5.41, 5.74) is 0.256. The van der Waals surface area contributed by atoms with Crippen molar-refractivity contribution in [2.75, 3.05) is 20.2 Å². The molecule has 0 aromatic heterocycles. The van der Waals surface area contributed by atoms with Crippen LogP contribution in [0.1, 0.15) is 44.1 Å². The van der Waals surface area contributed by atoms with Gasteiger partial charge in [-0.25, -0.2) is 4.39 Å². The van der Waals surface area contributed by atoms with Gasteiger partial charge in [0, 0.05) is 32.0 Å². The van der Waals surface area contributed by atoms with Crippen molar-refractivity contribution in [3.63, 3.8) is 0 Å². The van der Waals surface area contributed by atoms with Crippen molar-refractivity contribution in [1.29, 1.82) is 0 Å². The van der Waals surface area contributed by atoms with Crippen LogP contribution in [-0.4, -0.2) is 47.8 Å². The Morgan fingerprint density at radius 3 is 2.37 bits per heavy atom. The van der Waals surface area contributed by atoms with Crippen molar-refractivity contribution in [2.45, 2.75) is 55.6 Å². The summed E-state index contributed by atoms with van der Waals surface area (Å²) in [5, 5.41) is 11.0. The Balaban J connectivity index is 1.49. The van der Waals surface area contributed by atoms with Crippen molar-refractivity contribution in [1.82, 2.24) is 4.90 Å². The second kappa shape index (κ2) is 6.02. The molecular weight excluding hydrogens is 345 g/mol. The minimum atomic E-state index is -0.555. The third-order valence-corrected chi connectivity index (χ3v) is 7.97. The number of carbonyl (C=O) groups is 1. The number of rotatable bonds is 4. The van der Waals surface area contributed by atoms with Gasteiger partial charge in [0.1, 0.15) is 5.82 Å². The lowest BCUT2D eigenvalue weighted by Gasteiger charge is -2.64. The summed E-state index contributed by atoms with van der Waals surface area (Å²) in [6.07, 6.45) is 5.21. The average molecular weight is 373 g/mol. The van der Waals surface area contributed by atoms with Gasteiger partial charge < -0.3 is 14.7 Å². The fourth-order valence-corrected chi connectivity index (χ4v) is 6.83. The van der Waals surface area contributed by atoms with E-state index < -0.39 is 5.60 Å². The summed E-state index contributed by atoms with van der Waals surface area (Å²) >= 11 is 0. The molecule has 5 aliphatic rings. The van der Waals surface area contributed by atoms with Crippen LogP contribution in [0.4, 0.5) is 4.39 Å². The van der Waals surface area contributed by atoms with Crippen molar-refractivity contribution in [2.24, 2.45) is 17.8 Å². The third-order valence-electron chi connectivity index (χ3n) is 7.97. The summed E-state index contributed by atoms with van der Waals surface area (Å²) in [6, 6.07) is 6.80. The lowest BCUT2D eigenvalue weighted by Crippen LogP contribution is -2.64. The predicted molar refractivity (Wildman–Crippen MR) is 98.6 cm³/mol. The van der Waals surface area contributed by atoms with E-state index in [0.29, 0.717) is 37.3 Å². The molecule has 4 aliphatic carbocycles. The number of aliphatic hydroxyl groups is 1. The molecule has 1 aliphatic heterocycles. The molecule has 6 rings (SSSR count). The second-order valence-electron chi connectivity index (χ2n) is 9.45. The van der Waals surface area contributed by atoms with Gasteiger partial charge in [0.25, 0.3) is 0 Å². The monoisotopic (exact) mass is 373 g/mol. The van der Waals surface area contributed by atoms with Gasteiger partial charge in [-0.05, 0) is 67.6 Å². The molecule has 1 N–H and O–H groups in total. The van der Waals surface area contributed by atoms with Crippen LogP contribution in [0.2, 0.25) is 0 Å². The molecule has 0 spiro atoms. The first-order chi connectivity index (χ1) is 12.9. The Labute approximate surface area is 159 Å². The zero-order valence-electron chi connectivity index (χ0n) is 15.9. The number of halogens is 1. The third kappa shape index (κ3) is 2.65. The van der Waals surface area contributed by atoms with Crippen molar-refractivity contribution in [3.8, 4) is 0 Å². The molecular formula is C22H28FNO3. The topological polar surface area (TPSA) is 49.8 Å². The summed E-state index contributed by atoms with van der Waals surface area (Å²) < 4.78 is 18.9. The highest BCUT2D eigenvalue weighted by molar-refractivity contribution is 5.79. The van der Waals surface area contributed by atoms with Crippen LogP contribution >= 0.6 is 0 Å². The van der Waals surface area contributed by atoms with Crippen molar-refractivity contribution < 1.29 is 19.0 Å². The van der Waals surface area contributed by atoms with Gasteiger partial charge in [-0.15, -0.1) is 0 Å². The van der Waals surface area contributed by atoms with E-state index in [0.717, 1.165) is 37.7 Å². The number of methoxy groups -OCH3 is 1. The van der Waals surface area contributed by atoms with Crippen LogP contribution < -0.4 is 0 Å². The SMILES string of the molecule is COC1CN(C(=O)C[C@]2(c3ccc(F)cc3)C3CC4CC2C[C@@](O)(C4)C3)C1. The van der Waals surface area contributed by atoms with E-state index >= 15 is 0 Å². The maximum Gasteiger partial charge on any atom is 0.223 e. The van der Waals surface area contributed by atoms with E-state index in [4.69, 9.17) is 4.74 Å². The van der Waals surface area contributed by atoms with E-state index in [-0.39, 0.29) is 23.2 Å². The first-order valence-electron chi connectivity index (χ1n) is 10.2. The summed E-state index contributed by atoms with van der Waals surface area (Å²) in [7, 11) is 1.69. The van der Waals surface area contributed by atoms with Gasteiger partial charge in [0.05, 0.1) is 11.7 Å². The van der Waals surface area contributed by atoms with Crippen molar-refractivity contribution >= 4 is 5.91 Å². The Kier molecular flexibility index (Phi) is 3.93. The highest BCUT2D eigenvalue weighted by atomic mass is 19.1. The molecule has 1 saturated heterocycles. The number of nitrogens with zero attached hydrogens (tertiary/aromatic N) is 1. The molecule has 2 atom stereocenters. The van der Waals surface area contributed by atoms with Gasteiger partial charge in [0.15, 0.2) is 0 Å². The fourth-order valence-electron chi connectivity index (χ4n) is 6.83. The van der Waals surface area contributed by atoms with Crippen LogP contribution in [0.25, 0.3) is 0 Å².